The van der Waals surface area contributed by atoms with Gasteiger partial charge in [0.2, 0.25) is 17.5 Å². The Hall–Kier alpha value is -3.60. The van der Waals surface area contributed by atoms with Crippen molar-refractivity contribution in [3.8, 4) is 40.1 Å². The predicted octanol–water partition coefficient (Wildman–Crippen LogP) is -0.0353. The molecule has 15 heteroatoms. The van der Waals surface area contributed by atoms with Gasteiger partial charge in [-0.3, -0.25) is 9.35 Å². The molecule has 1 aromatic heterocycles. The van der Waals surface area contributed by atoms with Gasteiger partial charge in [0, 0.05) is 17.7 Å². The topological polar surface area (TPSA) is 234 Å². The first kappa shape index (κ1) is 25.5. The molecular formula is C21H20O14S. The molecule has 5 atom stereocenters. The molecule has 1 aliphatic rings. The maximum Gasteiger partial charge on any atom is 0.446 e. The van der Waals surface area contributed by atoms with E-state index in [0.717, 1.165) is 30.3 Å². The summed E-state index contributed by atoms with van der Waals surface area (Å²) in [5.41, 5.74) is -1.53. The van der Waals surface area contributed by atoms with Gasteiger partial charge in [0.05, 0.1) is 6.10 Å². The number of ether oxygens (including phenoxy) is 2. The SMILES string of the molecule is CC1O[C@@H](Oc2c(-c3ccc(O)c(OS(=O)(=O)O)c3)oc3cc(O)cc(O)c3c2=O)[C@@H](O)C(O)[C@H]1O. The van der Waals surface area contributed by atoms with Crippen molar-refractivity contribution in [3.63, 3.8) is 0 Å². The van der Waals surface area contributed by atoms with Crippen LogP contribution in [0.4, 0.5) is 0 Å². The van der Waals surface area contributed by atoms with Crippen molar-refractivity contribution in [2.24, 2.45) is 0 Å². The number of benzene rings is 2. The van der Waals surface area contributed by atoms with Gasteiger partial charge in [-0.2, -0.15) is 8.42 Å². The number of aliphatic hydroxyl groups is 3. The first-order valence-electron chi connectivity index (χ1n) is 10.2. The largest absolute Gasteiger partial charge is 0.508 e. The number of hydrogen-bond donors (Lipinski definition) is 7. The van der Waals surface area contributed by atoms with Crippen LogP contribution in [0.5, 0.6) is 28.7 Å². The molecular weight excluding hydrogens is 508 g/mol. The van der Waals surface area contributed by atoms with Crippen LogP contribution < -0.4 is 14.3 Å². The first-order chi connectivity index (χ1) is 16.8. The van der Waals surface area contributed by atoms with E-state index >= 15 is 0 Å². The molecule has 194 valence electrons. The Labute approximate surface area is 201 Å². The smallest absolute Gasteiger partial charge is 0.446 e. The lowest BCUT2D eigenvalue weighted by Gasteiger charge is -2.38. The highest BCUT2D eigenvalue weighted by Crippen LogP contribution is 2.40. The normalized spacial score (nSPS) is 24.5. The van der Waals surface area contributed by atoms with Gasteiger partial charge >= 0.3 is 10.4 Å². The highest BCUT2D eigenvalue weighted by atomic mass is 32.3. The zero-order valence-corrected chi connectivity index (χ0v) is 19.0. The second kappa shape index (κ2) is 9.12. The van der Waals surface area contributed by atoms with Crippen LogP contribution in [0.25, 0.3) is 22.3 Å². The molecule has 0 spiro atoms. The molecule has 2 unspecified atom stereocenters. The summed E-state index contributed by atoms with van der Waals surface area (Å²) in [5, 5.41) is 59.8. The van der Waals surface area contributed by atoms with Crippen LogP contribution in [-0.4, -0.2) is 74.3 Å². The molecule has 1 fully saturated rings. The molecule has 0 aliphatic carbocycles. The van der Waals surface area contributed by atoms with Crippen LogP contribution in [0.15, 0.2) is 39.5 Å². The average molecular weight is 528 g/mol. The molecule has 2 heterocycles. The maximum absolute atomic E-state index is 13.4. The van der Waals surface area contributed by atoms with Crippen LogP contribution in [-0.2, 0) is 15.1 Å². The van der Waals surface area contributed by atoms with Crippen molar-refractivity contribution in [1.29, 1.82) is 0 Å². The van der Waals surface area contributed by atoms with E-state index in [1.807, 2.05) is 0 Å². The number of hydrogen-bond acceptors (Lipinski definition) is 13. The zero-order valence-electron chi connectivity index (χ0n) is 18.2. The molecule has 0 radical (unpaired) electrons. The van der Waals surface area contributed by atoms with E-state index in [1.54, 1.807) is 0 Å². The molecule has 1 aliphatic heterocycles. The zero-order chi connectivity index (χ0) is 26.5. The van der Waals surface area contributed by atoms with Crippen LogP contribution in [0, 0.1) is 0 Å². The Morgan fingerprint density at radius 2 is 1.64 bits per heavy atom. The molecule has 36 heavy (non-hydrogen) atoms. The summed E-state index contributed by atoms with van der Waals surface area (Å²) in [6.45, 7) is 1.37. The molecule has 0 bridgehead atoms. The van der Waals surface area contributed by atoms with E-state index in [-0.39, 0.29) is 11.1 Å². The Kier molecular flexibility index (Phi) is 6.46. The quantitative estimate of drug-likeness (QED) is 0.215. The molecule has 0 amide bonds. The van der Waals surface area contributed by atoms with E-state index < -0.39 is 86.4 Å². The van der Waals surface area contributed by atoms with E-state index in [0.29, 0.717) is 0 Å². The lowest BCUT2D eigenvalue weighted by molar-refractivity contribution is -0.268. The van der Waals surface area contributed by atoms with Crippen LogP contribution in [0.1, 0.15) is 6.92 Å². The van der Waals surface area contributed by atoms with E-state index in [4.69, 9.17) is 18.4 Å². The van der Waals surface area contributed by atoms with Gasteiger partial charge in [0.15, 0.2) is 17.3 Å². The summed E-state index contributed by atoms with van der Waals surface area (Å²) < 4.78 is 52.1. The predicted molar refractivity (Wildman–Crippen MR) is 118 cm³/mol. The summed E-state index contributed by atoms with van der Waals surface area (Å²) in [6.07, 6.45) is -7.80. The summed E-state index contributed by atoms with van der Waals surface area (Å²) in [5.74, 6) is -3.81. The highest BCUT2D eigenvalue weighted by molar-refractivity contribution is 7.81. The molecule has 1 saturated heterocycles. The van der Waals surface area contributed by atoms with Crippen molar-refractivity contribution >= 4 is 21.4 Å². The van der Waals surface area contributed by atoms with Crippen molar-refractivity contribution in [3.05, 3.63) is 40.6 Å². The minimum absolute atomic E-state index is 0.165. The van der Waals surface area contributed by atoms with Crippen molar-refractivity contribution in [2.45, 2.75) is 37.6 Å². The third-order valence-electron chi connectivity index (χ3n) is 5.38. The standard InChI is InChI=1S/C21H20O14S/c1-7-15(25)17(27)18(28)21(32-7)34-20-16(26)14-11(24)5-9(22)6-13(14)33-19(20)8-2-3-10(23)12(4-8)35-36(29,30)31/h2-7,15,17-18,21-25,27-28H,1H3,(H,29,30,31)/t7?,15-,17?,18-,21-/m0/s1. The van der Waals surface area contributed by atoms with Gasteiger partial charge in [-0.1, -0.05) is 0 Å². The monoisotopic (exact) mass is 528 g/mol. The van der Waals surface area contributed by atoms with Gasteiger partial charge in [-0.15, -0.1) is 0 Å². The maximum atomic E-state index is 13.4. The summed E-state index contributed by atoms with van der Waals surface area (Å²) >= 11 is 0. The Bertz CT molecular complexity index is 1480. The molecule has 3 aromatic rings. The van der Waals surface area contributed by atoms with Gasteiger partial charge in [0.1, 0.15) is 40.8 Å². The lowest BCUT2D eigenvalue weighted by atomic mass is 10.00. The number of phenols is 3. The number of rotatable bonds is 5. The van der Waals surface area contributed by atoms with Crippen molar-refractivity contribution in [2.75, 3.05) is 0 Å². The van der Waals surface area contributed by atoms with Gasteiger partial charge in [-0.05, 0) is 25.1 Å². The fourth-order valence-electron chi connectivity index (χ4n) is 3.63. The molecule has 0 saturated carbocycles. The van der Waals surface area contributed by atoms with Crippen molar-refractivity contribution < 1.29 is 61.7 Å². The summed E-state index contributed by atoms with van der Waals surface area (Å²) in [6, 6.07) is 4.80. The number of aromatic hydroxyl groups is 3. The minimum Gasteiger partial charge on any atom is -0.508 e. The highest BCUT2D eigenvalue weighted by Gasteiger charge is 2.44. The number of aliphatic hydroxyl groups excluding tert-OH is 3. The fourth-order valence-corrected chi connectivity index (χ4v) is 3.99. The second-order valence-electron chi connectivity index (χ2n) is 7.92. The summed E-state index contributed by atoms with van der Waals surface area (Å²) in [7, 11) is -5.06. The van der Waals surface area contributed by atoms with E-state index in [1.165, 1.54) is 6.92 Å². The molecule has 14 nitrogen and oxygen atoms in total. The van der Waals surface area contributed by atoms with E-state index in [9.17, 15) is 43.9 Å². The number of phenolic OH excluding ortho intramolecular Hbond substituents is 3. The van der Waals surface area contributed by atoms with Crippen LogP contribution in [0.2, 0.25) is 0 Å². The molecule has 2 aromatic carbocycles. The lowest BCUT2D eigenvalue weighted by Crippen LogP contribution is -2.58. The van der Waals surface area contributed by atoms with Crippen LogP contribution >= 0.6 is 0 Å². The second-order valence-corrected chi connectivity index (χ2v) is 8.94. The molecule has 4 rings (SSSR count). The average Bonchev–Trinajstić information content (AvgIpc) is 2.77. The summed E-state index contributed by atoms with van der Waals surface area (Å²) in [4.78, 5) is 13.4. The van der Waals surface area contributed by atoms with Crippen LogP contribution in [0.3, 0.4) is 0 Å². The third kappa shape index (κ3) is 4.75. The number of fused-ring (bicyclic) bond motifs is 1. The van der Waals surface area contributed by atoms with Gasteiger partial charge < -0.3 is 48.7 Å². The minimum atomic E-state index is -5.06. The molecule has 7 N–H and O–H groups in total. The van der Waals surface area contributed by atoms with Crippen molar-refractivity contribution in [1.82, 2.24) is 0 Å². The Morgan fingerprint density at radius 3 is 2.31 bits per heavy atom. The van der Waals surface area contributed by atoms with Gasteiger partial charge in [-0.25, -0.2) is 0 Å². The van der Waals surface area contributed by atoms with E-state index in [2.05, 4.69) is 4.18 Å². The Morgan fingerprint density at radius 1 is 0.944 bits per heavy atom. The van der Waals surface area contributed by atoms with Gasteiger partial charge in [0.25, 0.3) is 0 Å². The Balaban J connectivity index is 1.93. The first-order valence-corrected chi connectivity index (χ1v) is 11.5. The third-order valence-corrected chi connectivity index (χ3v) is 5.77. The fraction of sp³-hybridized carbons (Fsp3) is 0.286.